The molecule has 0 aliphatic heterocycles. The van der Waals surface area contributed by atoms with Gasteiger partial charge in [-0.1, -0.05) is 65.0 Å². The molecule has 0 aliphatic rings. The number of methoxy groups -OCH3 is 1. The fourth-order valence-corrected chi connectivity index (χ4v) is 6.07. The standard InChI is InChI=1S/C41H62N2O6/c1-8-42(9-2)26-16-12-14-18-28-47-36-30-35(44)37-38(45)41(48-29-19-15-13-17-27-43(10-3)11-4)39(32-21-23-33(46-7)24-22-32)49-40(37)34(36)25-20-31(5)6/h20-24,30,44H,8-19,25-29H2,1-7H3. The molecule has 0 radical (unpaired) electrons. The zero-order valence-corrected chi connectivity index (χ0v) is 31.4. The number of benzene rings is 2. The van der Waals surface area contributed by atoms with Crippen molar-refractivity contribution in [2.24, 2.45) is 0 Å². The van der Waals surface area contributed by atoms with Crippen LogP contribution < -0.4 is 19.6 Å². The number of phenols is 1. The normalized spacial score (nSPS) is 11.4. The number of phenolic OH excluding ortho intramolecular Hbond substituents is 1. The summed E-state index contributed by atoms with van der Waals surface area (Å²) in [5.74, 6) is 1.52. The number of rotatable bonds is 24. The summed E-state index contributed by atoms with van der Waals surface area (Å²) in [5.41, 5.74) is 2.51. The van der Waals surface area contributed by atoms with Crippen molar-refractivity contribution in [1.29, 1.82) is 0 Å². The third-order valence-electron chi connectivity index (χ3n) is 9.26. The third-order valence-corrected chi connectivity index (χ3v) is 9.26. The maximum atomic E-state index is 14.2. The zero-order chi connectivity index (χ0) is 35.6. The minimum Gasteiger partial charge on any atom is -0.507 e. The summed E-state index contributed by atoms with van der Waals surface area (Å²) < 4.78 is 24.5. The average Bonchev–Trinajstić information content (AvgIpc) is 3.10. The third kappa shape index (κ3) is 12.1. The lowest BCUT2D eigenvalue weighted by molar-refractivity contribution is 0.281. The molecule has 0 unspecified atom stereocenters. The highest BCUT2D eigenvalue weighted by Crippen LogP contribution is 2.40. The van der Waals surface area contributed by atoms with Crippen LogP contribution in [0.25, 0.3) is 22.3 Å². The van der Waals surface area contributed by atoms with Crippen molar-refractivity contribution < 1.29 is 23.7 Å². The molecule has 3 rings (SSSR count). The first-order chi connectivity index (χ1) is 23.8. The van der Waals surface area contributed by atoms with Crippen molar-refractivity contribution in [2.75, 3.05) is 59.6 Å². The van der Waals surface area contributed by atoms with E-state index in [-0.39, 0.29) is 22.3 Å². The summed E-state index contributed by atoms with van der Waals surface area (Å²) in [4.78, 5) is 19.1. The monoisotopic (exact) mass is 678 g/mol. The lowest BCUT2D eigenvalue weighted by Crippen LogP contribution is -2.23. The Hall–Kier alpha value is -3.49. The van der Waals surface area contributed by atoms with Crippen LogP contribution in [-0.2, 0) is 6.42 Å². The van der Waals surface area contributed by atoms with E-state index in [2.05, 4.69) is 43.6 Å². The Balaban J connectivity index is 1.90. The van der Waals surface area contributed by atoms with Crippen molar-refractivity contribution in [3.05, 3.63) is 57.8 Å². The van der Waals surface area contributed by atoms with Crippen LogP contribution in [0.3, 0.4) is 0 Å². The summed E-state index contributed by atoms with van der Waals surface area (Å²) in [6, 6.07) is 8.96. The number of hydrogen-bond donors (Lipinski definition) is 1. The minimum atomic E-state index is -0.385. The quantitative estimate of drug-likeness (QED) is 0.0742. The van der Waals surface area contributed by atoms with Crippen LogP contribution in [0.5, 0.6) is 23.0 Å². The van der Waals surface area contributed by atoms with Gasteiger partial charge in [-0.15, -0.1) is 0 Å². The van der Waals surface area contributed by atoms with E-state index >= 15 is 0 Å². The SMILES string of the molecule is CCN(CC)CCCCCCOc1cc(O)c2c(=O)c(OCCCCCCN(CC)CC)c(-c3ccc(OC)cc3)oc2c1CC=C(C)C. The number of ether oxygens (including phenoxy) is 3. The van der Waals surface area contributed by atoms with Gasteiger partial charge in [0.05, 0.1) is 20.3 Å². The molecule has 0 saturated carbocycles. The summed E-state index contributed by atoms with van der Waals surface area (Å²) in [6.07, 6.45) is 10.9. The lowest BCUT2D eigenvalue weighted by atomic mass is 10.0. The molecule has 1 heterocycles. The van der Waals surface area contributed by atoms with Crippen molar-refractivity contribution in [1.82, 2.24) is 9.80 Å². The van der Waals surface area contributed by atoms with Crippen LogP contribution in [0.1, 0.15) is 98.5 Å². The fourth-order valence-electron chi connectivity index (χ4n) is 6.07. The van der Waals surface area contributed by atoms with E-state index in [1.807, 2.05) is 38.1 Å². The maximum absolute atomic E-state index is 14.2. The van der Waals surface area contributed by atoms with Crippen LogP contribution >= 0.6 is 0 Å². The highest BCUT2D eigenvalue weighted by molar-refractivity contribution is 5.91. The molecule has 1 aromatic heterocycles. The molecule has 272 valence electrons. The van der Waals surface area contributed by atoms with Gasteiger partial charge in [0, 0.05) is 17.2 Å². The first-order valence-corrected chi connectivity index (χ1v) is 18.6. The molecular formula is C41H62N2O6. The number of aromatic hydroxyl groups is 1. The van der Waals surface area contributed by atoms with E-state index in [1.54, 1.807) is 13.2 Å². The lowest BCUT2D eigenvalue weighted by Gasteiger charge is -2.18. The van der Waals surface area contributed by atoms with Gasteiger partial charge in [0.2, 0.25) is 11.2 Å². The zero-order valence-electron chi connectivity index (χ0n) is 31.4. The summed E-state index contributed by atoms with van der Waals surface area (Å²) in [5, 5.41) is 11.4. The molecule has 0 saturated heterocycles. The molecule has 0 aliphatic carbocycles. The largest absolute Gasteiger partial charge is 0.507 e. The number of allylic oxidation sites excluding steroid dienone is 2. The Morgan fingerprint density at radius 1 is 0.796 bits per heavy atom. The van der Waals surface area contributed by atoms with E-state index in [9.17, 15) is 9.90 Å². The number of nitrogens with zero attached hydrogens (tertiary/aromatic N) is 2. The molecule has 1 N–H and O–H groups in total. The topological polar surface area (TPSA) is 84.6 Å². The van der Waals surface area contributed by atoms with Gasteiger partial charge in [-0.25, -0.2) is 0 Å². The van der Waals surface area contributed by atoms with Crippen LogP contribution in [0.4, 0.5) is 0 Å². The van der Waals surface area contributed by atoms with Crippen molar-refractivity contribution in [2.45, 2.75) is 99.3 Å². The molecule has 0 amide bonds. The molecule has 0 spiro atoms. The van der Waals surface area contributed by atoms with Gasteiger partial charge in [0.1, 0.15) is 28.2 Å². The predicted octanol–water partition coefficient (Wildman–Crippen LogP) is 9.24. The number of unbranched alkanes of at least 4 members (excludes halogenated alkanes) is 6. The first kappa shape index (κ1) is 39.9. The Labute approximate surface area is 295 Å². The van der Waals surface area contributed by atoms with Crippen molar-refractivity contribution in [3.63, 3.8) is 0 Å². The van der Waals surface area contributed by atoms with Gasteiger partial charge in [-0.2, -0.15) is 0 Å². The summed E-state index contributed by atoms with van der Waals surface area (Å²) >= 11 is 0. The van der Waals surface area contributed by atoms with Gasteiger partial charge in [-0.3, -0.25) is 4.79 Å². The Morgan fingerprint density at radius 3 is 1.88 bits per heavy atom. The van der Waals surface area contributed by atoms with E-state index < -0.39 is 0 Å². The molecule has 49 heavy (non-hydrogen) atoms. The Morgan fingerprint density at radius 2 is 1.35 bits per heavy atom. The summed E-state index contributed by atoms with van der Waals surface area (Å²) in [6.45, 7) is 20.3. The highest BCUT2D eigenvalue weighted by Gasteiger charge is 2.24. The van der Waals surface area contributed by atoms with Crippen molar-refractivity contribution in [3.8, 4) is 34.3 Å². The van der Waals surface area contributed by atoms with Gasteiger partial charge in [-0.05, 0) is 109 Å². The Bertz CT molecular complexity index is 1480. The number of hydrogen-bond acceptors (Lipinski definition) is 8. The van der Waals surface area contributed by atoms with Crippen molar-refractivity contribution >= 4 is 11.0 Å². The van der Waals surface area contributed by atoms with Crippen LogP contribution in [0.15, 0.2) is 51.2 Å². The van der Waals surface area contributed by atoms with Gasteiger partial charge in [0.15, 0.2) is 5.76 Å². The summed E-state index contributed by atoms with van der Waals surface area (Å²) in [7, 11) is 1.62. The van der Waals surface area contributed by atoms with Crippen LogP contribution in [0.2, 0.25) is 0 Å². The average molecular weight is 679 g/mol. The second-order valence-electron chi connectivity index (χ2n) is 13.0. The molecule has 3 aromatic rings. The fraction of sp³-hybridized carbons (Fsp3) is 0.585. The van der Waals surface area contributed by atoms with E-state index in [1.165, 1.54) is 6.42 Å². The number of fused-ring (bicyclic) bond motifs is 1. The van der Waals surface area contributed by atoms with E-state index in [0.717, 1.165) is 95.4 Å². The predicted molar refractivity (Wildman–Crippen MR) is 203 cm³/mol. The van der Waals surface area contributed by atoms with Crippen LogP contribution in [-0.4, -0.2) is 74.5 Å². The molecule has 8 heteroatoms. The minimum absolute atomic E-state index is 0.114. The van der Waals surface area contributed by atoms with Gasteiger partial charge >= 0.3 is 0 Å². The first-order valence-electron chi connectivity index (χ1n) is 18.6. The maximum Gasteiger partial charge on any atom is 0.239 e. The smallest absolute Gasteiger partial charge is 0.239 e. The molecule has 0 atom stereocenters. The second-order valence-corrected chi connectivity index (χ2v) is 13.0. The molecule has 8 nitrogen and oxygen atoms in total. The van der Waals surface area contributed by atoms with Gasteiger partial charge in [0.25, 0.3) is 0 Å². The molecular weight excluding hydrogens is 616 g/mol. The van der Waals surface area contributed by atoms with Crippen LogP contribution in [0, 0.1) is 0 Å². The molecule has 2 aromatic carbocycles. The molecule has 0 fully saturated rings. The second kappa shape index (κ2) is 21.6. The van der Waals surface area contributed by atoms with E-state index in [0.29, 0.717) is 48.0 Å². The van der Waals surface area contributed by atoms with Gasteiger partial charge < -0.3 is 33.5 Å². The molecule has 0 bridgehead atoms. The highest BCUT2D eigenvalue weighted by atomic mass is 16.5. The van der Waals surface area contributed by atoms with E-state index in [4.69, 9.17) is 18.6 Å². The Kier molecular flexibility index (Phi) is 17.6.